The lowest BCUT2D eigenvalue weighted by Gasteiger charge is -2.20. The highest BCUT2D eigenvalue weighted by molar-refractivity contribution is 7.19. The monoisotopic (exact) mass is 550 g/mol. The summed E-state index contributed by atoms with van der Waals surface area (Å²) < 4.78 is 14.6. The van der Waals surface area contributed by atoms with Crippen LogP contribution in [0.1, 0.15) is 48.1 Å². The molecule has 3 aliphatic rings. The number of likely N-dealkylation sites (tertiary alicyclic amines) is 1. The second-order valence-corrected chi connectivity index (χ2v) is 12.4. The van der Waals surface area contributed by atoms with Gasteiger partial charge in [-0.2, -0.15) is 0 Å². The van der Waals surface area contributed by atoms with Crippen molar-refractivity contribution >= 4 is 39.3 Å². The standard InChI is InChI=1S/C29H34N4O5S/c1-5-37-28(36)20-12-22(32(16(20)2)14-17-13-30-8-6-10-38-17)19-7-9-31-21-11-18(39-25(19)21)15-33-26(34)23-24(27(33)35)29(23,3)4/h7,9,11-12,17,23-24,30H,5-6,8,10,13-15H2,1-4H3/t17-,23?,24?/m0/s1. The van der Waals surface area contributed by atoms with Gasteiger partial charge in [0, 0.05) is 35.5 Å². The summed E-state index contributed by atoms with van der Waals surface area (Å²) in [5, 5.41) is 3.43. The van der Waals surface area contributed by atoms with Crippen molar-refractivity contribution in [3.8, 4) is 11.3 Å². The first-order valence-electron chi connectivity index (χ1n) is 13.6. The van der Waals surface area contributed by atoms with E-state index in [0.29, 0.717) is 25.3 Å². The average molecular weight is 551 g/mol. The second-order valence-electron chi connectivity index (χ2n) is 11.2. The summed E-state index contributed by atoms with van der Waals surface area (Å²) in [5.41, 5.74) is 3.77. The van der Waals surface area contributed by atoms with E-state index < -0.39 is 0 Å². The molecule has 0 bridgehead atoms. The predicted octanol–water partition coefficient (Wildman–Crippen LogP) is 3.77. The van der Waals surface area contributed by atoms with Crippen molar-refractivity contribution in [2.24, 2.45) is 17.3 Å². The van der Waals surface area contributed by atoms with Crippen molar-refractivity contribution in [1.29, 1.82) is 0 Å². The summed E-state index contributed by atoms with van der Waals surface area (Å²) in [7, 11) is 0. The Morgan fingerprint density at radius 1 is 1.26 bits per heavy atom. The third kappa shape index (κ3) is 4.38. The van der Waals surface area contributed by atoms with E-state index in [-0.39, 0.29) is 47.7 Å². The van der Waals surface area contributed by atoms with Gasteiger partial charge in [0.1, 0.15) is 0 Å². The average Bonchev–Trinajstić information content (AvgIpc) is 3.04. The molecule has 10 heteroatoms. The number of hydrogen-bond acceptors (Lipinski definition) is 8. The summed E-state index contributed by atoms with van der Waals surface area (Å²) in [5.74, 6) is -0.871. The maximum absolute atomic E-state index is 12.9. The molecule has 2 unspecified atom stereocenters. The zero-order chi connectivity index (χ0) is 27.5. The maximum atomic E-state index is 12.9. The largest absolute Gasteiger partial charge is 0.462 e. The zero-order valence-corrected chi connectivity index (χ0v) is 23.6. The van der Waals surface area contributed by atoms with Crippen LogP contribution in [-0.4, -0.2) is 64.6 Å². The van der Waals surface area contributed by atoms with Gasteiger partial charge >= 0.3 is 5.97 Å². The van der Waals surface area contributed by atoms with Gasteiger partial charge in [-0.25, -0.2) is 4.79 Å². The van der Waals surface area contributed by atoms with Crippen molar-refractivity contribution in [3.05, 3.63) is 40.5 Å². The topological polar surface area (TPSA) is 103 Å². The van der Waals surface area contributed by atoms with E-state index in [4.69, 9.17) is 9.47 Å². The van der Waals surface area contributed by atoms with Crippen molar-refractivity contribution < 1.29 is 23.9 Å². The Balaban J connectivity index is 1.36. The first-order chi connectivity index (χ1) is 18.7. The van der Waals surface area contributed by atoms with Crippen LogP contribution in [0.5, 0.6) is 0 Å². The molecule has 2 aliphatic heterocycles. The Bertz CT molecular complexity index is 1440. The summed E-state index contributed by atoms with van der Waals surface area (Å²) in [4.78, 5) is 45.6. The van der Waals surface area contributed by atoms with E-state index >= 15 is 0 Å². The smallest absolute Gasteiger partial charge is 0.339 e. The lowest BCUT2D eigenvalue weighted by molar-refractivity contribution is -0.143. The molecule has 3 fully saturated rings. The van der Waals surface area contributed by atoms with Gasteiger partial charge in [-0.1, -0.05) is 13.8 Å². The third-order valence-electron chi connectivity index (χ3n) is 8.42. The first-order valence-corrected chi connectivity index (χ1v) is 14.5. The van der Waals surface area contributed by atoms with Crippen LogP contribution >= 0.6 is 11.3 Å². The van der Waals surface area contributed by atoms with Crippen molar-refractivity contribution in [1.82, 2.24) is 19.8 Å². The third-order valence-corrected chi connectivity index (χ3v) is 9.56. The quantitative estimate of drug-likeness (QED) is 0.353. The molecule has 39 heavy (non-hydrogen) atoms. The molecule has 3 atom stereocenters. The van der Waals surface area contributed by atoms with Crippen LogP contribution in [0.15, 0.2) is 24.4 Å². The molecule has 6 rings (SSSR count). The molecule has 1 N–H and O–H groups in total. The summed E-state index contributed by atoms with van der Waals surface area (Å²) in [6.07, 6.45) is 2.69. The molecule has 2 amide bonds. The van der Waals surface area contributed by atoms with Crippen LogP contribution in [0.25, 0.3) is 21.5 Å². The minimum Gasteiger partial charge on any atom is -0.462 e. The molecule has 5 heterocycles. The molecule has 0 radical (unpaired) electrons. The van der Waals surface area contributed by atoms with Gasteiger partial charge in [0.15, 0.2) is 0 Å². The molecule has 3 aromatic rings. The van der Waals surface area contributed by atoms with E-state index in [9.17, 15) is 14.4 Å². The number of imide groups is 1. The lowest BCUT2D eigenvalue weighted by Crippen LogP contribution is -2.35. The summed E-state index contributed by atoms with van der Waals surface area (Å²) >= 11 is 1.54. The second kappa shape index (κ2) is 9.83. The van der Waals surface area contributed by atoms with Crippen molar-refractivity contribution in [2.75, 3.05) is 26.3 Å². The Hall–Kier alpha value is -3.08. The molecule has 0 aromatic carbocycles. The van der Waals surface area contributed by atoms with E-state index in [1.54, 1.807) is 13.1 Å². The molecule has 1 aliphatic carbocycles. The van der Waals surface area contributed by atoms with Crippen LogP contribution < -0.4 is 5.32 Å². The van der Waals surface area contributed by atoms with Gasteiger partial charge in [-0.15, -0.1) is 11.3 Å². The number of piperidine rings is 1. The molecular formula is C29H34N4O5S. The fourth-order valence-corrected chi connectivity index (χ4v) is 7.32. The molecule has 9 nitrogen and oxygen atoms in total. The van der Waals surface area contributed by atoms with Gasteiger partial charge in [0.25, 0.3) is 0 Å². The van der Waals surface area contributed by atoms with Crippen molar-refractivity contribution in [2.45, 2.75) is 53.3 Å². The number of amides is 2. The number of rotatable bonds is 7. The van der Waals surface area contributed by atoms with E-state index in [0.717, 1.165) is 51.6 Å². The highest BCUT2D eigenvalue weighted by atomic mass is 32.1. The Labute approximate surface area is 231 Å². The predicted molar refractivity (Wildman–Crippen MR) is 147 cm³/mol. The maximum Gasteiger partial charge on any atom is 0.339 e. The van der Waals surface area contributed by atoms with Gasteiger partial charge in [-0.05, 0) is 50.4 Å². The minimum atomic E-state index is -0.348. The minimum absolute atomic E-state index is 0.0357. The highest BCUT2D eigenvalue weighted by Crippen LogP contribution is 2.63. The number of nitrogens with one attached hydrogen (secondary N) is 1. The lowest BCUT2D eigenvalue weighted by atomic mass is 10.1. The van der Waals surface area contributed by atoms with Crippen LogP contribution in [-0.2, 0) is 32.2 Å². The number of pyridine rings is 1. The Kier molecular flexibility index (Phi) is 6.60. The molecular weight excluding hydrogens is 516 g/mol. The Morgan fingerprint density at radius 3 is 2.77 bits per heavy atom. The van der Waals surface area contributed by atoms with Gasteiger partial charge in [0.2, 0.25) is 11.8 Å². The molecule has 2 saturated heterocycles. The van der Waals surface area contributed by atoms with E-state index in [2.05, 4.69) is 14.9 Å². The molecule has 0 spiro atoms. The zero-order valence-electron chi connectivity index (χ0n) is 22.8. The van der Waals surface area contributed by atoms with Gasteiger partial charge in [-0.3, -0.25) is 19.5 Å². The van der Waals surface area contributed by atoms with Crippen LogP contribution in [0.2, 0.25) is 0 Å². The first kappa shape index (κ1) is 26.2. The van der Waals surface area contributed by atoms with Gasteiger partial charge in [0.05, 0.1) is 59.1 Å². The SMILES string of the molecule is CCOC(=O)c1cc(-c2ccnc3cc(CN4C(=O)C5C(C4=O)C5(C)C)sc23)n(C[C@@H]2CNCCCO2)c1C. The molecule has 206 valence electrons. The fourth-order valence-electron chi connectivity index (χ4n) is 6.19. The number of ether oxygens (including phenoxy) is 2. The molecule has 1 saturated carbocycles. The number of carbonyl (C=O) groups excluding carboxylic acids is 3. The van der Waals surface area contributed by atoms with Crippen molar-refractivity contribution in [3.63, 3.8) is 0 Å². The number of hydrogen-bond donors (Lipinski definition) is 1. The number of thiophene rings is 1. The highest BCUT2D eigenvalue weighted by Gasteiger charge is 2.72. The van der Waals surface area contributed by atoms with E-state index in [1.807, 2.05) is 39.0 Å². The summed E-state index contributed by atoms with van der Waals surface area (Å²) in [6, 6.07) is 5.82. The number of esters is 1. The summed E-state index contributed by atoms with van der Waals surface area (Å²) in [6.45, 7) is 11.2. The number of fused-ring (bicyclic) bond motifs is 2. The van der Waals surface area contributed by atoms with Crippen LogP contribution in [0.3, 0.4) is 0 Å². The fraction of sp³-hybridized carbons (Fsp3) is 0.517. The Morgan fingerprint density at radius 2 is 2.03 bits per heavy atom. The number of aromatic nitrogens is 2. The van der Waals surface area contributed by atoms with Crippen LogP contribution in [0, 0.1) is 24.2 Å². The van der Waals surface area contributed by atoms with E-state index in [1.165, 1.54) is 16.2 Å². The van der Waals surface area contributed by atoms with Gasteiger partial charge < -0.3 is 19.4 Å². The number of carbonyl (C=O) groups is 3. The normalized spacial score (nSPS) is 24.2. The van der Waals surface area contributed by atoms with Crippen LogP contribution in [0.4, 0.5) is 0 Å². The molecule has 3 aromatic heterocycles. The number of nitrogens with zero attached hydrogens (tertiary/aromatic N) is 3.